The summed E-state index contributed by atoms with van der Waals surface area (Å²) in [5.41, 5.74) is 0.0995. The number of pyridine rings is 1. The zero-order valence-corrected chi connectivity index (χ0v) is 15.5. The first kappa shape index (κ1) is 20.1. The van der Waals surface area contributed by atoms with E-state index in [1.807, 2.05) is 18.2 Å². The lowest BCUT2D eigenvalue weighted by molar-refractivity contribution is -0.137. The third-order valence-electron chi connectivity index (χ3n) is 4.73. The summed E-state index contributed by atoms with van der Waals surface area (Å²) in [6.45, 7) is 3.92. The standard InChI is InChI=1S/C20H23F3N4O/c21-20(22,23)17-6-4-16(5-7-17)8-10-25-19(28)15-26-11-13-27(14-12-26)18-3-1-2-9-24-18/h1-7,9H,8,10-15H2,(H,25,28). The lowest BCUT2D eigenvalue weighted by Crippen LogP contribution is -2.49. The van der Waals surface area contributed by atoms with Crippen LogP contribution in [-0.4, -0.2) is 55.1 Å². The van der Waals surface area contributed by atoms with Crippen molar-refractivity contribution in [2.75, 3.05) is 44.2 Å². The van der Waals surface area contributed by atoms with E-state index in [4.69, 9.17) is 0 Å². The Hall–Kier alpha value is -2.61. The quantitative estimate of drug-likeness (QED) is 0.821. The van der Waals surface area contributed by atoms with E-state index < -0.39 is 11.7 Å². The zero-order valence-electron chi connectivity index (χ0n) is 15.5. The molecule has 2 aromatic rings. The largest absolute Gasteiger partial charge is 0.416 e. The average Bonchev–Trinajstić information content (AvgIpc) is 2.69. The number of carbonyl (C=O) groups excluding carboxylic acids is 1. The van der Waals surface area contributed by atoms with Gasteiger partial charge in [-0.15, -0.1) is 0 Å². The van der Waals surface area contributed by atoms with Crippen molar-refractivity contribution in [1.82, 2.24) is 15.2 Å². The number of benzene rings is 1. The van der Waals surface area contributed by atoms with Crippen molar-refractivity contribution < 1.29 is 18.0 Å². The Kier molecular flexibility index (Phi) is 6.51. The number of carbonyl (C=O) groups is 1. The van der Waals surface area contributed by atoms with Crippen molar-refractivity contribution in [1.29, 1.82) is 0 Å². The predicted molar refractivity (Wildman–Crippen MR) is 101 cm³/mol. The van der Waals surface area contributed by atoms with Gasteiger partial charge in [-0.2, -0.15) is 13.2 Å². The summed E-state index contributed by atoms with van der Waals surface area (Å²) >= 11 is 0. The minimum atomic E-state index is -4.33. The molecule has 1 fully saturated rings. The Morgan fingerprint density at radius 3 is 2.36 bits per heavy atom. The molecular formula is C20H23F3N4O. The van der Waals surface area contributed by atoms with Gasteiger partial charge in [-0.25, -0.2) is 4.98 Å². The molecule has 0 saturated carbocycles. The van der Waals surface area contributed by atoms with E-state index in [2.05, 4.69) is 20.1 Å². The molecule has 0 spiro atoms. The second-order valence-electron chi connectivity index (χ2n) is 6.75. The summed E-state index contributed by atoms with van der Waals surface area (Å²) in [5.74, 6) is 0.876. The number of rotatable bonds is 6. The number of halogens is 3. The van der Waals surface area contributed by atoms with Crippen LogP contribution in [0.15, 0.2) is 48.7 Å². The third-order valence-corrected chi connectivity index (χ3v) is 4.73. The monoisotopic (exact) mass is 392 g/mol. The summed E-state index contributed by atoms with van der Waals surface area (Å²) in [5, 5.41) is 2.84. The van der Waals surface area contributed by atoms with Gasteiger partial charge in [-0.05, 0) is 36.2 Å². The molecule has 150 valence electrons. The summed E-state index contributed by atoms with van der Waals surface area (Å²) in [6.07, 6.45) is -2.06. The Bertz CT molecular complexity index is 757. The molecule has 0 bridgehead atoms. The van der Waals surface area contributed by atoms with E-state index >= 15 is 0 Å². The molecule has 2 heterocycles. The Labute approximate surface area is 162 Å². The highest BCUT2D eigenvalue weighted by molar-refractivity contribution is 5.78. The van der Waals surface area contributed by atoms with Gasteiger partial charge in [0.05, 0.1) is 12.1 Å². The number of amides is 1. The topological polar surface area (TPSA) is 48.5 Å². The average molecular weight is 392 g/mol. The van der Waals surface area contributed by atoms with E-state index in [-0.39, 0.29) is 5.91 Å². The van der Waals surface area contributed by atoms with E-state index in [0.717, 1.165) is 49.7 Å². The number of anilines is 1. The van der Waals surface area contributed by atoms with Gasteiger partial charge in [0.2, 0.25) is 5.91 Å². The molecule has 8 heteroatoms. The second kappa shape index (κ2) is 9.05. The first-order valence-corrected chi connectivity index (χ1v) is 9.23. The summed E-state index contributed by atoms with van der Waals surface area (Å²) < 4.78 is 37.7. The number of hydrogen-bond donors (Lipinski definition) is 1. The fourth-order valence-electron chi connectivity index (χ4n) is 3.14. The molecule has 28 heavy (non-hydrogen) atoms. The Morgan fingerprint density at radius 1 is 1.04 bits per heavy atom. The lowest BCUT2D eigenvalue weighted by Gasteiger charge is -2.34. The van der Waals surface area contributed by atoms with Crippen LogP contribution in [0.3, 0.4) is 0 Å². The summed E-state index contributed by atoms with van der Waals surface area (Å²) in [7, 11) is 0. The maximum absolute atomic E-state index is 12.6. The third kappa shape index (κ3) is 5.69. The van der Waals surface area contributed by atoms with Crippen LogP contribution in [0.2, 0.25) is 0 Å². The number of alkyl halides is 3. The smallest absolute Gasteiger partial charge is 0.355 e. The number of nitrogens with zero attached hydrogens (tertiary/aromatic N) is 3. The molecule has 0 radical (unpaired) electrons. The first-order chi connectivity index (χ1) is 13.4. The molecule has 1 saturated heterocycles. The van der Waals surface area contributed by atoms with Gasteiger partial charge in [0.15, 0.2) is 0 Å². The second-order valence-corrected chi connectivity index (χ2v) is 6.75. The van der Waals surface area contributed by atoms with Crippen molar-refractivity contribution in [3.05, 3.63) is 59.8 Å². The molecule has 0 unspecified atom stereocenters. The minimum Gasteiger partial charge on any atom is -0.355 e. The Morgan fingerprint density at radius 2 is 1.75 bits per heavy atom. The van der Waals surface area contributed by atoms with Gasteiger partial charge >= 0.3 is 6.18 Å². The Balaban J connectivity index is 1.36. The molecule has 5 nitrogen and oxygen atoms in total. The highest BCUT2D eigenvalue weighted by atomic mass is 19.4. The number of hydrogen-bond acceptors (Lipinski definition) is 4. The normalized spacial score (nSPS) is 15.5. The molecule has 1 aliphatic heterocycles. The molecule has 0 aliphatic carbocycles. The van der Waals surface area contributed by atoms with Crippen molar-refractivity contribution in [2.45, 2.75) is 12.6 Å². The number of piperazine rings is 1. The van der Waals surface area contributed by atoms with E-state index in [1.165, 1.54) is 12.1 Å². The van der Waals surface area contributed by atoms with Gasteiger partial charge in [0.1, 0.15) is 5.82 Å². The fraction of sp³-hybridized carbons (Fsp3) is 0.400. The van der Waals surface area contributed by atoms with E-state index in [0.29, 0.717) is 19.5 Å². The van der Waals surface area contributed by atoms with Gasteiger partial charge in [-0.1, -0.05) is 18.2 Å². The summed E-state index contributed by atoms with van der Waals surface area (Å²) in [4.78, 5) is 20.7. The SMILES string of the molecule is O=C(CN1CCN(c2ccccn2)CC1)NCCc1ccc(C(F)(F)F)cc1. The van der Waals surface area contributed by atoms with Crippen LogP contribution in [0.25, 0.3) is 0 Å². The van der Waals surface area contributed by atoms with Crippen LogP contribution < -0.4 is 10.2 Å². The van der Waals surface area contributed by atoms with Gasteiger partial charge < -0.3 is 10.2 Å². The van der Waals surface area contributed by atoms with Gasteiger partial charge in [-0.3, -0.25) is 9.69 Å². The molecule has 1 aliphatic rings. The van der Waals surface area contributed by atoms with Crippen molar-refractivity contribution in [3.63, 3.8) is 0 Å². The van der Waals surface area contributed by atoms with Crippen LogP contribution in [0, 0.1) is 0 Å². The molecular weight excluding hydrogens is 369 g/mol. The van der Waals surface area contributed by atoms with Crippen LogP contribution in [0.5, 0.6) is 0 Å². The van der Waals surface area contributed by atoms with Crippen molar-refractivity contribution >= 4 is 11.7 Å². The molecule has 1 N–H and O–H groups in total. The zero-order chi connectivity index (χ0) is 20.0. The number of aromatic nitrogens is 1. The van der Waals surface area contributed by atoms with Crippen molar-refractivity contribution in [2.24, 2.45) is 0 Å². The first-order valence-electron chi connectivity index (χ1n) is 9.23. The summed E-state index contributed by atoms with van der Waals surface area (Å²) in [6, 6.07) is 10.9. The van der Waals surface area contributed by atoms with Crippen LogP contribution in [0.4, 0.5) is 19.0 Å². The van der Waals surface area contributed by atoms with Crippen LogP contribution in [0.1, 0.15) is 11.1 Å². The predicted octanol–water partition coefficient (Wildman–Crippen LogP) is 2.58. The van der Waals surface area contributed by atoms with Crippen LogP contribution >= 0.6 is 0 Å². The molecule has 3 rings (SSSR count). The van der Waals surface area contributed by atoms with E-state index in [1.54, 1.807) is 6.20 Å². The lowest BCUT2D eigenvalue weighted by atomic mass is 10.1. The van der Waals surface area contributed by atoms with E-state index in [9.17, 15) is 18.0 Å². The number of nitrogens with one attached hydrogen (secondary N) is 1. The molecule has 1 amide bonds. The highest BCUT2D eigenvalue weighted by Crippen LogP contribution is 2.29. The van der Waals surface area contributed by atoms with Crippen molar-refractivity contribution in [3.8, 4) is 0 Å². The van der Waals surface area contributed by atoms with Gasteiger partial charge in [0.25, 0.3) is 0 Å². The molecule has 0 atom stereocenters. The highest BCUT2D eigenvalue weighted by Gasteiger charge is 2.29. The fourth-order valence-corrected chi connectivity index (χ4v) is 3.14. The maximum Gasteiger partial charge on any atom is 0.416 e. The molecule has 1 aromatic heterocycles. The van der Waals surface area contributed by atoms with Crippen LogP contribution in [-0.2, 0) is 17.4 Å². The maximum atomic E-state index is 12.6. The van der Waals surface area contributed by atoms with Gasteiger partial charge in [0, 0.05) is 38.9 Å². The minimum absolute atomic E-state index is 0.0711. The molecule has 1 aromatic carbocycles.